The molecule has 0 aliphatic carbocycles. The molecule has 2 aliphatic rings. The van der Waals surface area contributed by atoms with Crippen molar-refractivity contribution in [3.8, 4) is 5.75 Å². The van der Waals surface area contributed by atoms with Crippen molar-refractivity contribution in [3.63, 3.8) is 0 Å². The zero-order chi connectivity index (χ0) is 16.7. The molecule has 2 heterocycles. The maximum atomic E-state index is 12.8. The molecule has 1 aromatic carbocycles. The van der Waals surface area contributed by atoms with Crippen LogP contribution in [-0.2, 0) is 4.79 Å². The van der Waals surface area contributed by atoms with E-state index >= 15 is 0 Å². The lowest BCUT2D eigenvalue weighted by atomic mass is 10.0. The van der Waals surface area contributed by atoms with Crippen molar-refractivity contribution in [1.29, 1.82) is 0 Å². The van der Waals surface area contributed by atoms with Crippen LogP contribution in [0.4, 0.5) is 5.69 Å². The number of carbonyl (C=O) groups is 2. The largest absolute Gasteiger partial charge is 0.505 e. The van der Waals surface area contributed by atoms with Crippen LogP contribution in [0.25, 0.3) is 0 Å². The Kier molecular flexibility index (Phi) is 3.60. The highest BCUT2D eigenvalue weighted by Crippen LogP contribution is 2.37. The zero-order valence-corrected chi connectivity index (χ0v) is 13.1. The van der Waals surface area contributed by atoms with E-state index < -0.39 is 5.91 Å². The molecular formula is C17H19N3O3. The topological polar surface area (TPSA) is 95.7 Å². The molecule has 3 rings (SSSR count). The highest BCUT2D eigenvalue weighted by atomic mass is 16.3. The molecule has 1 atom stereocenters. The monoisotopic (exact) mass is 313 g/mol. The molecule has 2 amide bonds. The Morgan fingerprint density at radius 3 is 2.91 bits per heavy atom. The van der Waals surface area contributed by atoms with E-state index in [1.165, 1.54) is 6.08 Å². The average molecular weight is 313 g/mol. The third kappa shape index (κ3) is 2.56. The Hall–Kier alpha value is -2.76. The number of benzene rings is 1. The van der Waals surface area contributed by atoms with Crippen LogP contribution in [0.1, 0.15) is 29.3 Å². The number of primary amides is 1. The number of nitrogens with two attached hydrogens (primary N) is 1. The van der Waals surface area contributed by atoms with E-state index in [-0.39, 0.29) is 17.7 Å². The molecule has 0 fully saturated rings. The van der Waals surface area contributed by atoms with Gasteiger partial charge in [-0.15, -0.1) is 0 Å². The van der Waals surface area contributed by atoms with Gasteiger partial charge in [0.2, 0.25) is 5.91 Å². The Morgan fingerprint density at radius 1 is 1.48 bits per heavy atom. The number of carbonyl (C=O) groups excluding carboxylic acids is 2. The van der Waals surface area contributed by atoms with Gasteiger partial charge in [0.15, 0.2) is 0 Å². The quantitative estimate of drug-likeness (QED) is 0.571. The molecule has 1 unspecified atom stereocenters. The fraction of sp³-hybridized carbons (Fsp3) is 0.294. The molecule has 0 saturated carbocycles. The van der Waals surface area contributed by atoms with Crippen LogP contribution in [0.15, 0.2) is 35.6 Å². The first kappa shape index (κ1) is 15.1. The minimum absolute atomic E-state index is 0.0548. The highest BCUT2D eigenvalue weighted by Gasteiger charge is 2.34. The molecule has 6 nitrogen and oxygen atoms in total. The van der Waals surface area contributed by atoms with Gasteiger partial charge in [-0.1, -0.05) is 6.07 Å². The van der Waals surface area contributed by atoms with E-state index in [1.807, 2.05) is 6.92 Å². The van der Waals surface area contributed by atoms with Crippen LogP contribution in [0.3, 0.4) is 0 Å². The van der Waals surface area contributed by atoms with Gasteiger partial charge in [-0.25, -0.2) is 0 Å². The molecule has 0 spiro atoms. The van der Waals surface area contributed by atoms with Gasteiger partial charge in [0, 0.05) is 18.8 Å². The number of fused-ring (bicyclic) bond motifs is 2. The highest BCUT2D eigenvalue weighted by molar-refractivity contribution is 6.03. The van der Waals surface area contributed by atoms with Crippen molar-refractivity contribution in [3.05, 3.63) is 46.7 Å². The number of rotatable bonds is 2. The summed E-state index contributed by atoms with van der Waals surface area (Å²) in [5.41, 5.74) is 8.54. The standard InChI is InChI=1S/C17H19N3O3/c1-9-3-4-13-15(16(9)22)19-7-12-6-11(8-20(12)17(13)23)10(2)5-14(18)21/h3-5,8,12,19,22H,6-7H2,1-2H3,(H2,18,21)/b10-5+. The minimum atomic E-state index is -0.499. The predicted octanol–water partition coefficient (Wildman–Crippen LogP) is 1.66. The summed E-state index contributed by atoms with van der Waals surface area (Å²) in [6.45, 7) is 4.13. The molecule has 4 N–H and O–H groups in total. The van der Waals surface area contributed by atoms with E-state index in [9.17, 15) is 14.7 Å². The van der Waals surface area contributed by atoms with E-state index in [1.54, 1.807) is 30.2 Å². The van der Waals surface area contributed by atoms with E-state index in [0.717, 1.165) is 16.7 Å². The second kappa shape index (κ2) is 5.46. The van der Waals surface area contributed by atoms with Crippen molar-refractivity contribution in [2.45, 2.75) is 26.3 Å². The van der Waals surface area contributed by atoms with Gasteiger partial charge in [0.25, 0.3) is 5.91 Å². The lowest BCUT2D eigenvalue weighted by Gasteiger charge is -2.20. The van der Waals surface area contributed by atoms with Gasteiger partial charge in [-0.3, -0.25) is 9.59 Å². The van der Waals surface area contributed by atoms with Crippen molar-refractivity contribution in [1.82, 2.24) is 4.90 Å². The van der Waals surface area contributed by atoms with Crippen LogP contribution in [0.2, 0.25) is 0 Å². The summed E-state index contributed by atoms with van der Waals surface area (Å²) in [4.78, 5) is 25.5. The van der Waals surface area contributed by atoms with Gasteiger partial charge in [0.05, 0.1) is 17.3 Å². The summed E-state index contributed by atoms with van der Waals surface area (Å²) in [7, 11) is 0. The van der Waals surface area contributed by atoms with Crippen LogP contribution < -0.4 is 11.1 Å². The minimum Gasteiger partial charge on any atom is -0.505 e. The Labute approximate surface area is 134 Å². The summed E-state index contributed by atoms with van der Waals surface area (Å²) in [5, 5.41) is 13.4. The molecule has 6 heteroatoms. The maximum Gasteiger partial charge on any atom is 0.260 e. The Bertz CT molecular complexity index is 765. The van der Waals surface area contributed by atoms with E-state index in [2.05, 4.69) is 5.32 Å². The molecule has 0 aromatic heterocycles. The van der Waals surface area contributed by atoms with Crippen molar-refractivity contribution < 1.29 is 14.7 Å². The Morgan fingerprint density at radius 2 is 2.22 bits per heavy atom. The number of nitrogens with one attached hydrogen (secondary N) is 1. The fourth-order valence-electron chi connectivity index (χ4n) is 3.05. The molecule has 120 valence electrons. The second-order valence-corrected chi connectivity index (χ2v) is 5.99. The smallest absolute Gasteiger partial charge is 0.260 e. The van der Waals surface area contributed by atoms with Crippen LogP contribution in [0.5, 0.6) is 5.75 Å². The molecular weight excluding hydrogens is 294 g/mol. The van der Waals surface area contributed by atoms with Gasteiger partial charge < -0.3 is 21.1 Å². The number of hydrogen-bond acceptors (Lipinski definition) is 4. The van der Waals surface area contributed by atoms with Crippen LogP contribution >= 0.6 is 0 Å². The molecule has 1 aromatic rings. The summed E-state index contributed by atoms with van der Waals surface area (Å²) >= 11 is 0. The lowest BCUT2D eigenvalue weighted by molar-refractivity contribution is -0.113. The average Bonchev–Trinajstić information content (AvgIpc) is 2.86. The summed E-state index contributed by atoms with van der Waals surface area (Å²) in [6.07, 6.45) is 3.79. The van der Waals surface area contributed by atoms with Crippen molar-refractivity contribution in [2.75, 3.05) is 11.9 Å². The summed E-state index contributed by atoms with van der Waals surface area (Å²) < 4.78 is 0. The molecule has 23 heavy (non-hydrogen) atoms. The van der Waals surface area contributed by atoms with E-state index in [0.29, 0.717) is 24.2 Å². The third-order valence-electron chi connectivity index (χ3n) is 4.37. The van der Waals surface area contributed by atoms with Crippen molar-refractivity contribution in [2.24, 2.45) is 5.73 Å². The predicted molar refractivity (Wildman–Crippen MR) is 86.9 cm³/mol. The maximum absolute atomic E-state index is 12.8. The number of allylic oxidation sites excluding steroid dienone is 1. The normalized spacial score (nSPS) is 20.3. The number of aromatic hydroxyl groups is 1. The van der Waals surface area contributed by atoms with Gasteiger partial charge in [-0.2, -0.15) is 0 Å². The number of aryl methyl sites for hydroxylation is 1. The van der Waals surface area contributed by atoms with Crippen LogP contribution in [0, 0.1) is 6.92 Å². The first-order valence-electron chi connectivity index (χ1n) is 7.46. The van der Waals surface area contributed by atoms with Gasteiger partial charge >= 0.3 is 0 Å². The molecule has 2 aliphatic heterocycles. The third-order valence-corrected chi connectivity index (χ3v) is 4.37. The summed E-state index contributed by atoms with van der Waals surface area (Å²) in [6, 6.07) is 3.40. The molecule has 0 radical (unpaired) electrons. The number of hydrogen-bond donors (Lipinski definition) is 3. The van der Waals surface area contributed by atoms with Gasteiger partial charge in [-0.05, 0) is 43.0 Å². The summed E-state index contributed by atoms with van der Waals surface area (Å²) in [5.74, 6) is -0.543. The van der Waals surface area contributed by atoms with E-state index in [4.69, 9.17) is 5.73 Å². The SMILES string of the molecule is C/C(=C\C(N)=O)C1=CN2C(=O)c3ccc(C)c(O)c3NCC2C1. The number of amides is 2. The Balaban J connectivity index is 1.98. The number of anilines is 1. The van der Waals surface area contributed by atoms with Crippen molar-refractivity contribution >= 4 is 17.5 Å². The lowest BCUT2D eigenvalue weighted by Crippen LogP contribution is -2.34. The fourth-order valence-corrected chi connectivity index (χ4v) is 3.05. The first-order chi connectivity index (χ1) is 10.9. The zero-order valence-electron chi connectivity index (χ0n) is 13.1. The molecule has 0 bridgehead atoms. The van der Waals surface area contributed by atoms with Crippen LogP contribution in [-0.4, -0.2) is 34.4 Å². The molecule has 0 saturated heterocycles. The number of phenols is 1. The number of phenolic OH excluding ortho intramolecular Hbond substituents is 1. The second-order valence-electron chi connectivity index (χ2n) is 5.99. The number of nitrogens with zero attached hydrogens (tertiary/aromatic N) is 1. The van der Waals surface area contributed by atoms with Gasteiger partial charge in [0.1, 0.15) is 5.75 Å². The first-order valence-corrected chi connectivity index (χ1v) is 7.46.